The molecule has 2 rings (SSSR count). The van der Waals surface area contributed by atoms with Crippen LogP contribution >= 0.6 is 0 Å². The first-order valence-corrected chi connectivity index (χ1v) is 8.38. The molecule has 6 heteroatoms. The third-order valence-electron chi connectivity index (χ3n) is 4.35. The molecule has 1 unspecified atom stereocenters. The summed E-state index contributed by atoms with van der Waals surface area (Å²) >= 11 is 0. The Morgan fingerprint density at radius 1 is 1.39 bits per heavy atom. The zero-order chi connectivity index (χ0) is 17.0. The van der Waals surface area contributed by atoms with Gasteiger partial charge in [-0.15, -0.1) is 0 Å². The first kappa shape index (κ1) is 17.5. The molecule has 1 atom stereocenters. The van der Waals surface area contributed by atoms with Crippen LogP contribution in [0.1, 0.15) is 50.1 Å². The zero-order valence-corrected chi connectivity index (χ0v) is 14.5. The van der Waals surface area contributed by atoms with Gasteiger partial charge in [-0.2, -0.15) is 0 Å². The van der Waals surface area contributed by atoms with Gasteiger partial charge in [-0.05, 0) is 47.0 Å². The fourth-order valence-corrected chi connectivity index (χ4v) is 3.07. The lowest BCUT2D eigenvalue weighted by Crippen LogP contribution is -2.46. The van der Waals surface area contributed by atoms with Gasteiger partial charge in [-0.3, -0.25) is 9.59 Å². The van der Waals surface area contributed by atoms with Crippen molar-refractivity contribution in [1.82, 2.24) is 15.4 Å². The third kappa shape index (κ3) is 4.56. The van der Waals surface area contributed by atoms with Crippen LogP contribution in [0.3, 0.4) is 0 Å². The number of carbonyl (C=O) groups excluding carboxylic acids is 2. The molecule has 1 aliphatic heterocycles. The summed E-state index contributed by atoms with van der Waals surface area (Å²) in [5.74, 6) is 0.854. The second kappa shape index (κ2) is 7.62. The zero-order valence-electron chi connectivity index (χ0n) is 14.5. The minimum absolute atomic E-state index is 0.0585. The summed E-state index contributed by atoms with van der Waals surface area (Å²) < 4.78 is 5.13. The van der Waals surface area contributed by atoms with Crippen LogP contribution in [0.5, 0.6) is 0 Å². The lowest BCUT2D eigenvalue weighted by atomic mass is 9.96. The van der Waals surface area contributed by atoms with Gasteiger partial charge in [0, 0.05) is 31.1 Å². The van der Waals surface area contributed by atoms with E-state index in [9.17, 15) is 9.59 Å². The van der Waals surface area contributed by atoms with Crippen molar-refractivity contribution >= 4 is 11.8 Å². The summed E-state index contributed by atoms with van der Waals surface area (Å²) in [5.41, 5.74) is 1.87. The van der Waals surface area contributed by atoms with Crippen LogP contribution in [0.4, 0.5) is 0 Å². The van der Waals surface area contributed by atoms with Crippen molar-refractivity contribution in [3.05, 3.63) is 17.0 Å². The van der Waals surface area contributed by atoms with E-state index in [0.29, 0.717) is 19.4 Å². The average Bonchev–Trinajstić information content (AvgIpc) is 2.83. The number of rotatable bonds is 5. The number of piperidine rings is 1. The van der Waals surface area contributed by atoms with E-state index in [1.807, 2.05) is 32.6 Å². The van der Waals surface area contributed by atoms with Gasteiger partial charge in [0.1, 0.15) is 5.76 Å². The summed E-state index contributed by atoms with van der Waals surface area (Å²) in [6, 6.07) is 0.133. The molecule has 128 valence electrons. The number of aromatic nitrogens is 1. The molecule has 1 aromatic rings. The molecule has 1 aromatic heterocycles. The lowest BCUT2D eigenvalue weighted by Gasteiger charge is -2.32. The number of hydrogen-bond acceptors (Lipinski definition) is 4. The summed E-state index contributed by atoms with van der Waals surface area (Å²) in [5, 5.41) is 6.86. The van der Waals surface area contributed by atoms with Crippen molar-refractivity contribution in [1.29, 1.82) is 0 Å². The molecule has 1 saturated heterocycles. The maximum Gasteiger partial charge on any atom is 0.225 e. The van der Waals surface area contributed by atoms with Gasteiger partial charge in [0.15, 0.2) is 0 Å². The Hall–Kier alpha value is -1.85. The van der Waals surface area contributed by atoms with Gasteiger partial charge in [-0.25, -0.2) is 0 Å². The van der Waals surface area contributed by atoms with E-state index in [-0.39, 0.29) is 23.8 Å². The van der Waals surface area contributed by atoms with Gasteiger partial charge in [-0.1, -0.05) is 5.16 Å². The largest absolute Gasteiger partial charge is 0.361 e. The van der Waals surface area contributed by atoms with Gasteiger partial charge >= 0.3 is 0 Å². The number of hydrogen-bond donors (Lipinski definition) is 1. The highest BCUT2D eigenvalue weighted by molar-refractivity contribution is 5.81. The van der Waals surface area contributed by atoms with E-state index in [2.05, 4.69) is 10.5 Å². The van der Waals surface area contributed by atoms with Crippen LogP contribution in [0.25, 0.3) is 0 Å². The second-order valence-electron chi connectivity index (χ2n) is 6.64. The molecule has 23 heavy (non-hydrogen) atoms. The molecule has 0 radical (unpaired) electrons. The van der Waals surface area contributed by atoms with E-state index in [4.69, 9.17) is 4.52 Å². The molecule has 0 aliphatic carbocycles. The summed E-state index contributed by atoms with van der Waals surface area (Å²) in [4.78, 5) is 26.4. The van der Waals surface area contributed by atoms with Crippen molar-refractivity contribution in [2.75, 3.05) is 13.1 Å². The number of carbonyl (C=O) groups is 2. The number of likely N-dealkylation sites (tertiary alicyclic amines) is 1. The van der Waals surface area contributed by atoms with Gasteiger partial charge in [0.2, 0.25) is 11.8 Å². The van der Waals surface area contributed by atoms with E-state index in [1.54, 1.807) is 0 Å². The van der Waals surface area contributed by atoms with Crippen LogP contribution in [0.15, 0.2) is 4.52 Å². The van der Waals surface area contributed by atoms with Crippen molar-refractivity contribution < 1.29 is 14.1 Å². The Kier molecular flexibility index (Phi) is 5.80. The average molecular weight is 321 g/mol. The normalized spacial score (nSPS) is 18.3. The van der Waals surface area contributed by atoms with E-state index in [1.165, 1.54) is 0 Å². The highest BCUT2D eigenvalue weighted by Crippen LogP contribution is 2.19. The predicted octanol–water partition coefficient (Wildman–Crippen LogP) is 1.99. The molecular formula is C17H27N3O3. The smallest absolute Gasteiger partial charge is 0.225 e. The minimum atomic E-state index is -0.0887. The number of nitrogens with one attached hydrogen (secondary N) is 1. The Morgan fingerprint density at radius 2 is 2.13 bits per heavy atom. The molecule has 2 heterocycles. The topological polar surface area (TPSA) is 75.4 Å². The van der Waals surface area contributed by atoms with Crippen LogP contribution in [0.2, 0.25) is 0 Å². The Labute approximate surface area is 137 Å². The van der Waals surface area contributed by atoms with Crippen molar-refractivity contribution in [3.63, 3.8) is 0 Å². The van der Waals surface area contributed by atoms with E-state index in [0.717, 1.165) is 36.4 Å². The third-order valence-corrected chi connectivity index (χ3v) is 4.35. The lowest BCUT2D eigenvalue weighted by molar-refractivity contribution is -0.135. The molecule has 0 aromatic carbocycles. The SMILES string of the molecule is Cc1noc(C)c1CCC(=O)N1CCCC(C(=O)NC(C)C)C1. The molecule has 0 saturated carbocycles. The summed E-state index contributed by atoms with van der Waals surface area (Å²) in [7, 11) is 0. The Balaban J connectivity index is 1.88. The molecular weight excluding hydrogens is 294 g/mol. The van der Waals surface area contributed by atoms with Crippen molar-refractivity contribution in [2.24, 2.45) is 5.92 Å². The van der Waals surface area contributed by atoms with Crippen molar-refractivity contribution in [3.8, 4) is 0 Å². The van der Waals surface area contributed by atoms with Gasteiger partial charge in [0.05, 0.1) is 11.6 Å². The van der Waals surface area contributed by atoms with Crippen LogP contribution in [0, 0.1) is 19.8 Å². The maximum absolute atomic E-state index is 12.4. The number of amides is 2. The van der Waals surface area contributed by atoms with Crippen LogP contribution in [-0.2, 0) is 16.0 Å². The first-order valence-electron chi connectivity index (χ1n) is 8.38. The highest BCUT2D eigenvalue weighted by Gasteiger charge is 2.28. The standard InChI is InChI=1S/C17H27N3O3/c1-11(2)18-17(22)14-6-5-9-20(10-14)16(21)8-7-15-12(3)19-23-13(15)4/h11,14H,5-10H2,1-4H3,(H,18,22). The van der Waals surface area contributed by atoms with E-state index >= 15 is 0 Å². The van der Waals surface area contributed by atoms with E-state index < -0.39 is 0 Å². The molecule has 0 bridgehead atoms. The van der Waals surface area contributed by atoms with Crippen molar-refractivity contribution in [2.45, 2.75) is 59.4 Å². The van der Waals surface area contributed by atoms with Crippen LogP contribution in [-0.4, -0.2) is 41.0 Å². The monoisotopic (exact) mass is 321 g/mol. The second-order valence-corrected chi connectivity index (χ2v) is 6.64. The quantitative estimate of drug-likeness (QED) is 0.900. The van der Waals surface area contributed by atoms with Gasteiger partial charge in [0.25, 0.3) is 0 Å². The molecule has 1 fully saturated rings. The molecule has 1 aliphatic rings. The fourth-order valence-electron chi connectivity index (χ4n) is 3.07. The molecule has 1 N–H and O–H groups in total. The number of aryl methyl sites for hydroxylation is 2. The highest BCUT2D eigenvalue weighted by atomic mass is 16.5. The fraction of sp³-hybridized carbons (Fsp3) is 0.706. The molecule has 2 amide bonds. The minimum Gasteiger partial charge on any atom is -0.361 e. The predicted molar refractivity (Wildman–Crippen MR) is 86.9 cm³/mol. The van der Waals surface area contributed by atoms with Gasteiger partial charge < -0.3 is 14.7 Å². The Morgan fingerprint density at radius 3 is 2.74 bits per heavy atom. The Bertz CT molecular complexity index is 546. The molecule has 6 nitrogen and oxygen atoms in total. The summed E-state index contributed by atoms with van der Waals surface area (Å²) in [6.45, 7) is 8.93. The first-order chi connectivity index (χ1) is 10.9. The maximum atomic E-state index is 12.4. The molecule has 0 spiro atoms. The van der Waals surface area contributed by atoms with Crippen LogP contribution < -0.4 is 5.32 Å². The number of nitrogens with zero attached hydrogens (tertiary/aromatic N) is 2. The summed E-state index contributed by atoms with van der Waals surface area (Å²) in [6.07, 6.45) is 2.81.